The molecule has 1 fully saturated rings. The molecule has 0 aromatic carbocycles. The molecule has 0 unspecified atom stereocenters. The van der Waals surface area contributed by atoms with E-state index in [4.69, 9.17) is 5.11 Å². The van der Waals surface area contributed by atoms with E-state index in [2.05, 4.69) is 0 Å². The Balaban J connectivity index is 2.19. The van der Waals surface area contributed by atoms with Crippen LogP contribution >= 0.6 is 0 Å². The van der Waals surface area contributed by atoms with Crippen LogP contribution in [0.25, 0.3) is 0 Å². The van der Waals surface area contributed by atoms with Crippen molar-refractivity contribution in [3.8, 4) is 0 Å². The summed E-state index contributed by atoms with van der Waals surface area (Å²) in [5, 5.41) is 8.63. The number of alkyl halides is 1. The van der Waals surface area contributed by atoms with Crippen LogP contribution in [0.4, 0.5) is 9.18 Å². The van der Waals surface area contributed by atoms with Crippen LogP contribution in [0.5, 0.6) is 0 Å². The Morgan fingerprint density at radius 3 is 2.73 bits per heavy atom. The molecule has 1 amide bonds. The van der Waals surface area contributed by atoms with Crippen molar-refractivity contribution in [2.45, 2.75) is 18.1 Å². The third-order valence-corrected chi connectivity index (χ3v) is 2.31. The molecule has 2 rings (SSSR count). The molecule has 0 aromatic rings. The van der Waals surface area contributed by atoms with Gasteiger partial charge in [-0.15, -0.1) is 0 Å². The molecule has 1 atom stereocenters. The van der Waals surface area contributed by atoms with Crippen LogP contribution < -0.4 is 0 Å². The summed E-state index contributed by atoms with van der Waals surface area (Å²) in [4.78, 5) is 11.7. The Kier molecular flexibility index (Phi) is 1.06. The van der Waals surface area contributed by atoms with Gasteiger partial charge in [-0.1, -0.05) is 12.2 Å². The molecule has 0 saturated carbocycles. The highest BCUT2D eigenvalue weighted by Gasteiger charge is 2.54. The molecule has 4 heteroatoms. The fourth-order valence-corrected chi connectivity index (χ4v) is 1.57. The number of hydrogen-bond donors (Lipinski definition) is 1. The molecule has 1 spiro atoms. The average molecular weight is 157 g/mol. The van der Waals surface area contributed by atoms with Crippen LogP contribution in [0, 0.1) is 0 Å². The molecule has 2 aliphatic rings. The van der Waals surface area contributed by atoms with Crippen molar-refractivity contribution in [1.82, 2.24) is 4.90 Å². The number of nitrogens with zero attached hydrogens (tertiary/aromatic N) is 1. The van der Waals surface area contributed by atoms with E-state index in [1.54, 1.807) is 12.2 Å². The minimum absolute atomic E-state index is 0.309. The van der Waals surface area contributed by atoms with Crippen molar-refractivity contribution in [2.24, 2.45) is 0 Å². The number of amides is 1. The molecule has 1 aliphatic carbocycles. The third-order valence-electron chi connectivity index (χ3n) is 2.31. The smallest absolute Gasteiger partial charge is 0.408 e. The van der Waals surface area contributed by atoms with E-state index in [1.807, 2.05) is 0 Å². The minimum atomic E-state index is -1.03. The van der Waals surface area contributed by atoms with Crippen molar-refractivity contribution < 1.29 is 14.3 Å². The van der Waals surface area contributed by atoms with Crippen molar-refractivity contribution in [1.29, 1.82) is 0 Å². The summed E-state index contributed by atoms with van der Waals surface area (Å²) in [7, 11) is 0. The first-order valence-electron chi connectivity index (χ1n) is 3.52. The largest absolute Gasteiger partial charge is 0.465 e. The zero-order valence-electron chi connectivity index (χ0n) is 5.83. The average Bonchev–Trinajstić information content (AvgIpc) is 2.61. The Hall–Kier alpha value is -1.06. The summed E-state index contributed by atoms with van der Waals surface area (Å²) in [5.74, 6) is 0. The van der Waals surface area contributed by atoms with Crippen LogP contribution in [-0.4, -0.2) is 34.4 Å². The Bertz CT molecular complexity index is 233. The lowest BCUT2D eigenvalue weighted by atomic mass is 10.1. The third kappa shape index (κ3) is 0.692. The summed E-state index contributed by atoms with van der Waals surface area (Å²) in [6.45, 7) is 0.309. The van der Waals surface area contributed by atoms with Crippen LogP contribution in [0.15, 0.2) is 12.2 Å². The van der Waals surface area contributed by atoms with Gasteiger partial charge in [-0.2, -0.15) is 0 Å². The highest BCUT2D eigenvalue weighted by Crippen LogP contribution is 2.43. The van der Waals surface area contributed by atoms with E-state index in [1.165, 1.54) is 0 Å². The van der Waals surface area contributed by atoms with Crippen LogP contribution in [0.3, 0.4) is 0 Å². The molecule has 0 radical (unpaired) electrons. The summed E-state index contributed by atoms with van der Waals surface area (Å²) < 4.78 is 13.0. The van der Waals surface area contributed by atoms with Gasteiger partial charge >= 0.3 is 6.09 Å². The molecular weight excluding hydrogens is 149 g/mol. The summed E-state index contributed by atoms with van der Waals surface area (Å²) >= 11 is 0. The van der Waals surface area contributed by atoms with Crippen molar-refractivity contribution in [3.05, 3.63) is 12.2 Å². The van der Waals surface area contributed by atoms with Gasteiger partial charge in [0.05, 0.1) is 0 Å². The first-order chi connectivity index (χ1) is 5.17. The van der Waals surface area contributed by atoms with E-state index in [-0.39, 0.29) is 0 Å². The second-order valence-electron chi connectivity index (χ2n) is 2.91. The number of halogens is 1. The molecule has 1 heterocycles. The Morgan fingerprint density at radius 2 is 2.36 bits per heavy atom. The molecule has 0 bridgehead atoms. The van der Waals surface area contributed by atoms with E-state index < -0.39 is 17.8 Å². The zero-order chi connectivity index (χ0) is 8.06. The molecule has 1 saturated heterocycles. The van der Waals surface area contributed by atoms with Gasteiger partial charge in [-0.3, -0.25) is 4.90 Å². The lowest BCUT2D eigenvalue weighted by Gasteiger charge is -2.21. The molecule has 1 aliphatic heterocycles. The fourth-order valence-electron chi connectivity index (χ4n) is 1.57. The van der Waals surface area contributed by atoms with Gasteiger partial charge in [-0.25, -0.2) is 9.18 Å². The maximum absolute atomic E-state index is 13.0. The van der Waals surface area contributed by atoms with E-state index in [0.29, 0.717) is 13.0 Å². The summed E-state index contributed by atoms with van der Waals surface area (Å²) in [5.41, 5.74) is -0.841. The fraction of sp³-hybridized carbons (Fsp3) is 0.571. The molecule has 11 heavy (non-hydrogen) atoms. The van der Waals surface area contributed by atoms with Gasteiger partial charge < -0.3 is 5.11 Å². The molecule has 1 N–H and O–H groups in total. The lowest BCUT2D eigenvalue weighted by molar-refractivity contribution is 0.129. The number of hydrogen-bond acceptors (Lipinski definition) is 1. The van der Waals surface area contributed by atoms with Crippen molar-refractivity contribution >= 4 is 6.09 Å². The number of rotatable bonds is 0. The predicted molar refractivity (Wildman–Crippen MR) is 36.1 cm³/mol. The lowest BCUT2D eigenvalue weighted by Crippen LogP contribution is -2.40. The molecular formula is C7H8FNO2. The zero-order valence-corrected chi connectivity index (χ0v) is 5.83. The van der Waals surface area contributed by atoms with Crippen LogP contribution in [-0.2, 0) is 0 Å². The van der Waals surface area contributed by atoms with E-state index >= 15 is 0 Å². The maximum Gasteiger partial charge on any atom is 0.408 e. The predicted octanol–water partition coefficient (Wildman–Crippen LogP) is 1.02. The molecule has 60 valence electrons. The second-order valence-corrected chi connectivity index (χ2v) is 2.91. The quantitative estimate of drug-likeness (QED) is 0.533. The van der Waals surface area contributed by atoms with Gasteiger partial charge in [0.2, 0.25) is 0 Å². The number of likely N-dealkylation sites (tertiary alicyclic amines) is 1. The van der Waals surface area contributed by atoms with Crippen LogP contribution in [0.2, 0.25) is 0 Å². The van der Waals surface area contributed by atoms with E-state index in [0.717, 1.165) is 4.90 Å². The van der Waals surface area contributed by atoms with Crippen LogP contribution in [0.1, 0.15) is 6.42 Å². The molecule has 0 aromatic heterocycles. The summed E-state index contributed by atoms with van der Waals surface area (Å²) in [6.07, 6.45) is 1.48. The standard InChI is InChI=1S/C7H8FNO2/c8-5-1-4-9(6(10)11)7(5)2-3-7/h2-3,5H,1,4H2,(H,10,11)/t5-/m0/s1. The maximum atomic E-state index is 13.0. The normalized spacial score (nSPS) is 31.4. The minimum Gasteiger partial charge on any atom is -0.465 e. The highest BCUT2D eigenvalue weighted by atomic mass is 19.1. The van der Waals surface area contributed by atoms with E-state index in [9.17, 15) is 9.18 Å². The van der Waals surface area contributed by atoms with Gasteiger partial charge in [0, 0.05) is 6.54 Å². The summed E-state index contributed by atoms with van der Waals surface area (Å²) in [6, 6.07) is 0. The van der Waals surface area contributed by atoms with Crippen molar-refractivity contribution in [2.75, 3.05) is 6.54 Å². The van der Waals surface area contributed by atoms with Crippen molar-refractivity contribution in [3.63, 3.8) is 0 Å². The van der Waals surface area contributed by atoms with Gasteiger partial charge in [0.1, 0.15) is 11.7 Å². The highest BCUT2D eigenvalue weighted by molar-refractivity contribution is 5.70. The van der Waals surface area contributed by atoms with Gasteiger partial charge in [0.25, 0.3) is 0 Å². The number of carbonyl (C=O) groups is 1. The monoisotopic (exact) mass is 157 g/mol. The molecule has 3 nitrogen and oxygen atoms in total. The van der Waals surface area contributed by atoms with Gasteiger partial charge in [0.15, 0.2) is 0 Å². The Morgan fingerprint density at radius 1 is 1.73 bits per heavy atom. The second kappa shape index (κ2) is 1.75. The SMILES string of the molecule is O=C(O)N1CC[C@H](F)C12C=C2. The first-order valence-corrected chi connectivity index (χ1v) is 3.52. The van der Waals surface area contributed by atoms with Gasteiger partial charge in [-0.05, 0) is 6.42 Å². The number of carboxylic acid groups (broad SMARTS) is 1. The Labute approximate surface area is 63.1 Å². The first kappa shape index (κ1) is 6.64. The topological polar surface area (TPSA) is 40.5 Å².